The maximum absolute atomic E-state index is 3.63. The maximum atomic E-state index is 3.63. The van der Waals surface area contributed by atoms with E-state index in [2.05, 4.69) is 40.5 Å². The average Bonchev–Trinajstić information content (AvgIpc) is 2.48. The van der Waals surface area contributed by atoms with Gasteiger partial charge in [0.2, 0.25) is 0 Å². The van der Waals surface area contributed by atoms with Gasteiger partial charge in [-0.15, -0.1) is 12.4 Å². The largest absolute Gasteiger partial charge is 0.314 e. The number of rotatable bonds is 3. The van der Waals surface area contributed by atoms with Gasteiger partial charge in [0.15, 0.2) is 0 Å². The van der Waals surface area contributed by atoms with Crippen molar-refractivity contribution in [2.24, 2.45) is 0 Å². The van der Waals surface area contributed by atoms with Crippen molar-refractivity contribution >= 4 is 12.4 Å². The zero-order valence-electron chi connectivity index (χ0n) is 12.3. The molecule has 0 bridgehead atoms. The summed E-state index contributed by atoms with van der Waals surface area (Å²) < 4.78 is 0. The average molecular weight is 295 g/mol. The molecule has 0 unspecified atom stereocenters. The Morgan fingerprint density at radius 3 is 2.55 bits per heavy atom. The summed E-state index contributed by atoms with van der Waals surface area (Å²) >= 11 is 0. The fraction of sp³-hybridized carbons (Fsp3) is 0.647. The van der Waals surface area contributed by atoms with Crippen LogP contribution in [-0.2, 0) is 6.42 Å². The van der Waals surface area contributed by atoms with Gasteiger partial charge in [-0.25, -0.2) is 0 Å². The molecule has 0 radical (unpaired) electrons. The van der Waals surface area contributed by atoms with E-state index in [1.807, 2.05) is 0 Å². The summed E-state index contributed by atoms with van der Waals surface area (Å²) in [6.07, 6.45) is 8.27. The van der Waals surface area contributed by atoms with E-state index in [0.29, 0.717) is 5.54 Å². The lowest BCUT2D eigenvalue weighted by atomic mass is 9.79. The third-order valence-corrected chi connectivity index (χ3v) is 4.98. The van der Waals surface area contributed by atoms with Gasteiger partial charge in [0, 0.05) is 31.7 Å². The molecule has 1 spiro atoms. The Bertz CT molecular complexity index is 379. The van der Waals surface area contributed by atoms with Crippen molar-refractivity contribution in [3.63, 3.8) is 0 Å². The van der Waals surface area contributed by atoms with Crippen LogP contribution in [-0.4, -0.2) is 36.6 Å². The van der Waals surface area contributed by atoms with Crippen molar-refractivity contribution < 1.29 is 0 Å². The number of hydrogen-bond donors (Lipinski definition) is 1. The molecule has 1 aromatic rings. The Hall–Kier alpha value is -0.570. The Morgan fingerprint density at radius 1 is 1.05 bits per heavy atom. The Kier molecular flexibility index (Phi) is 5.88. The minimum absolute atomic E-state index is 0. The molecule has 1 heterocycles. The van der Waals surface area contributed by atoms with Crippen LogP contribution in [0.1, 0.15) is 37.7 Å². The molecule has 1 aliphatic heterocycles. The molecule has 0 amide bonds. The second-order valence-corrected chi connectivity index (χ2v) is 6.18. The SMILES string of the molecule is Cl.c1ccc(CCN2CCNCC23CCCCC3)cc1. The van der Waals surface area contributed by atoms with Crippen LogP contribution in [0, 0.1) is 0 Å². The second kappa shape index (κ2) is 7.44. The van der Waals surface area contributed by atoms with Crippen LogP contribution in [0.2, 0.25) is 0 Å². The summed E-state index contributed by atoms with van der Waals surface area (Å²) in [5, 5.41) is 3.63. The molecule has 1 saturated heterocycles. The van der Waals surface area contributed by atoms with E-state index in [1.165, 1.54) is 63.7 Å². The fourth-order valence-electron chi connectivity index (χ4n) is 3.84. The van der Waals surface area contributed by atoms with Gasteiger partial charge in [-0.05, 0) is 24.8 Å². The lowest BCUT2D eigenvalue weighted by Gasteiger charge is -2.50. The normalized spacial score (nSPS) is 22.4. The minimum Gasteiger partial charge on any atom is -0.314 e. The van der Waals surface area contributed by atoms with Gasteiger partial charge >= 0.3 is 0 Å². The highest BCUT2D eigenvalue weighted by molar-refractivity contribution is 5.85. The summed E-state index contributed by atoms with van der Waals surface area (Å²) in [7, 11) is 0. The van der Waals surface area contributed by atoms with Gasteiger partial charge in [0.25, 0.3) is 0 Å². The molecule has 1 aliphatic carbocycles. The van der Waals surface area contributed by atoms with Crippen molar-refractivity contribution in [1.29, 1.82) is 0 Å². The molecular formula is C17H27ClN2. The summed E-state index contributed by atoms with van der Waals surface area (Å²) in [6, 6.07) is 10.9. The zero-order valence-corrected chi connectivity index (χ0v) is 13.1. The van der Waals surface area contributed by atoms with Crippen molar-refractivity contribution in [2.45, 2.75) is 44.1 Å². The van der Waals surface area contributed by atoms with E-state index in [9.17, 15) is 0 Å². The number of nitrogens with zero attached hydrogens (tertiary/aromatic N) is 1. The first-order valence-electron chi connectivity index (χ1n) is 7.89. The zero-order chi connectivity index (χ0) is 13.0. The number of piperazine rings is 1. The predicted molar refractivity (Wildman–Crippen MR) is 87.7 cm³/mol. The smallest absolute Gasteiger partial charge is 0.0334 e. The molecule has 2 fully saturated rings. The molecule has 112 valence electrons. The van der Waals surface area contributed by atoms with Gasteiger partial charge in [-0.1, -0.05) is 49.6 Å². The van der Waals surface area contributed by atoms with Crippen LogP contribution in [0.3, 0.4) is 0 Å². The first-order chi connectivity index (χ1) is 9.39. The van der Waals surface area contributed by atoms with Crippen molar-refractivity contribution in [1.82, 2.24) is 10.2 Å². The van der Waals surface area contributed by atoms with Crippen molar-refractivity contribution in [3.8, 4) is 0 Å². The highest BCUT2D eigenvalue weighted by Gasteiger charge is 2.39. The molecule has 0 aromatic heterocycles. The third kappa shape index (κ3) is 3.55. The van der Waals surface area contributed by atoms with Crippen LogP contribution < -0.4 is 5.32 Å². The molecule has 0 atom stereocenters. The Morgan fingerprint density at radius 2 is 1.80 bits per heavy atom. The van der Waals surface area contributed by atoms with Crippen LogP contribution in [0.25, 0.3) is 0 Å². The van der Waals surface area contributed by atoms with E-state index in [-0.39, 0.29) is 12.4 Å². The van der Waals surface area contributed by atoms with E-state index in [0.717, 1.165) is 6.54 Å². The Balaban J connectivity index is 0.00000147. The van der Waals surface area contributed by atoms with E-state index >= 15 is 0 Å². The number of hydrogen-bond acceptors (Lipinski definition) is 2. The van der Waals surface area contributed by atoms with Gasteiger partial charge in [0.1, 0.15) is 0 Å². The van der Waals surface area contributed by atoms with Gasteiger partial charge in [-0.2, -0.15) is 0 Å². The molecule has 2 aliphatic rings. The molecule has 1 N–H and O–H groups in total. The molecule has 2 nitrogen and oxygen atoms in total. The van der Waals surface area contributed by atoms with E-state index in [1.54, 1.807) is 0 Å². The predicted octanol–water partition coefficient (Wildman–Crippen LogP) is 3.26. The molecule has 3 rings (SSSR count). The topological polar surface area (TPSA) is 15.3 Å². The lowest BCUT2D eigenvalue weighted by molar-refractivity contribution is 0.0286. The monoisotopic (exact) mass is 294 g/mol. The van der Waals surface area contributed by atoms with Gasteiger partial charge < -0.3 is 5.32 Å². The van der Waals surface area contributed by atoms with Crippen LogP contribution >= 0.6 is 12.4 Å². The van der Waals surface area contributed by atoms with Crippen LogP contribution in [0.15, 0.2) is 30.3 Å². The van der Waals surface area contributed by atoms with Crippen molar-refractivity contribution in [2.75, 3.05) is 26.2 Å². The second-order valence-electron chi connectivity index (χ2n) is 6.18. The first kappa shape index (κ1) is 15.8. The first-order valence-corrected chi connectivity index (χ1v) is 7.89. The summed E-state index contributed by atoms with van der Waals surface area (Å²) in [5.41, 5.74) is 1.96. The van der Waals surface area contributed by atoms with Gasteiger partial charge in [0.05, 0.1) is 0 Å². The summed E-state index contributed by atoms with van der Waals surface area (Å²) in [4.78, 5) is 2.79. The quantitative estimate of drug-likeness (QED) is 0.920. The Labute approximate surface area is 129 Å². The highest BCUT2D eigenvalue weighted by Crippen LogP contribution is 2.34. The molecule has 3 heteroatoms. The lowest BCUT2D eigenvalue weighted by Crippen LogP contribution is -2.62. The van der Waals surface area contributed by atoms with Crippen molar-refractivity contribution in [3.05, 3.63) is 35.9 Å². The fourth-order valence-corrected chi connectivity index (χ4v) is 3.84. The highest BCUT2D eigenvalue weighted by atomic mass is 35.5. The third-order valence-electron chi connectivity index (χ3n) is 4.98. The number of halogens is 1. The van der Waals surface area contributed by atoms with E-state index in [4.69, 9.17) is 0 Å². The molecule has 1 aromatic carbocycles. The number of nitrogens with one attached hydrogen (secondary N) is 1. The molecule has 20 heavy (non-hydrogen) atoms. The van der Waals surface area contributed by atoms with Crippen LogP contribution in [0.4, 0.5) is 0 Å². The molecular weight excluding hydrogens is 268 g/mol. The summed E-state index contributed by atoms with van der Waals surface area (Å²) in [5.74, 6) is 0. The molecule has 1 saturated carbocycles. The van der Waals surface area contributed by atoms with Gasteiger partial charge in [-0.3, -0.25) is 4.90 Å². The minimum atomic E-state index is 0. The number of benzene rings is 1. The van der Waals surface area contributed by atoms with E-state index < -0.39 is 0 Å². The maximum Gasteiger partial charge on any atom is 0.0334 e. The summed E-state index contributed by atoms with van der Waals surface area (Å²) in [6.45, 7) is 4.83. The van der Waals surface area contributed by atoms with Crippen LogP contribution in [0.5, 0.6) is 0 Å². The standard InChI is InChI=1S/C17H26N2.ClH/c1-3-7-16(8-4-1)9-13-19-14-12-18-15-17(19)10-5-2-6-11-17;/h1,3-4,7-8,18H,2,5-6,9-15H2;1H.